The molecule has 1 aromatic heterocycles. The van der Waals surface area contributed by atoms with Crippen molar-refractivity contribution >= 4 is 0 Å². The van der Waals surface area contributed by atoms with Crippen LogP contribution in [0.5, 0.6) is 11.8 Å². The number of imidazole rings is 1. The quantitative estimate of drug-likeness (QED) is 0.610. The van der Waals surface area contributed by atoms with Crippen LogP contribution < -0.4 is 9.47 Å². The van der Waals surface area contributed by atoms with Crippen LogP contribution >= 0.6 is 0 Å². The molecule has 1 heterocycles. The summed E-state index contributed by atoms with van der Waals surface area (Å²) in [7, 11) is 2.92. The molecule has 5 heteroatoms. The fourth-order valence-corrected chi connectivity index (χ4v) is 0.718. The minimum Gasteiger partial charge on any atom is -0.478 e. The molecule has 0 bridgehead atoms. The first-order valence-corrected chi connectivity index (χ1v) is 2.89. The molecule has 5 nitrogen and oxygen atoms in total. The Hall–Kier alpha value is -1.70. The maximum absolute atomic E-state index is 8.50. The van der Waals surface area contributed by atoms with Gasteiger partial charge >= 0.3 is 0 Å². The largest absolute Gasteiger partial charge is 0.478 e. The van der Waals surface area contributed by atoms with E-state index >= 15 is 0 Å². The van der Waals surface area contributed by atoms with Crippen LogP contribution in [0.2, 0.25) is 0 Å². The second kappa shape index (κ2) is 2.92. The van der Waals surface area contributed by atoms with Gasteiger partial charge in [-0.15, -0.1) is 0 Å². The van der Waals surface area contributed by atoms with E-state index in [1.807, 2.05) is 6.19 Å². The average molecular weight is 153 g/mol. The van der Waals surface area contributed by atoms with Crippen molar-refractivity contribution in [3.63, 3.8) is 0 Å². The molecular formula is C6H7N3O2. The van der Waals surface area contributed by atoms with E-state index in [4.69, 9.17) is 14.7 Å². The lowest BCUT2D eigenvalue weighted by molar-refractivity contribution is 0.336. The fraction of sp³-hybridized carbons (Fsp3) is 0.333. The van der Waals surface area contributed by atoms with E-state index in [0.717, 1.165) is 0 Å². The van der Waals surface area contributed by atoms with E-state index in [2.05, 4.69) is 4.98 Å². The van der Waals surface area contributed by atoms with Crippen molar-refractivity contribution in [3.05, 3.63) is 6.33 Å². The summed E-state index contributed by atoms with van der Waals surface area (Å²) < 4.78 is 10.8. The number of nitriles is 1. The van der Waals surface area contributed by atoms with Crippen LogP contribution in [0.25, 0.3) is 0 Å². The molecule has 0 saturated heterocycles. The zero-order valence-corrected chi connectivity index (χ0v) is 6.24. The third kappa shape index (κ3) is 1.10. The number of aromatic nitrogens is 2. The van der Waals surface area contributed by atoms with Crippen molar-refractivity contribution < 1.29 is 9.47 Å². The molecule has 58 valence electrons. The molecule has 0 radical (unpaired) electrons. The van der Waals surface area contributed by atoms with Crippen LogP contribution in [0, 0.1) is 11.5 Å². The Balaban J connectivity index is 3.12. The topological polar surface area (TPSA) is 60.1 Å². The molecule has 0 unspecified atom stereocenters. The highest BCUT2D eigenvalue weighted by Crippen LogP contribution is 2.22. The van der Waals surface area contributed by atoms with E-state index in [1.165, 1.54) is 25.1 Å². The first-order valence-electron chi connectivity index (χ1n) is 2.89. The van der Waals surface area contributed by atoms with E-state index < -0.39 is 0 Å². The van der Waals surface area contributed by atoms with Gasteiger partial charge in [0.2, 0.25) is 0 Å². The van der Waals surface area contributed by atoms with Gasteiger partial charge in [0.05, 0.1) is 14.2 Å². The average Bonchev–Trinajstić information content (AvgIpc) is 2.45. The minimum absolute atomic E-state index is 0.314. The Morgan fingerprint density at radius 1 is 1.55 bits per heavy atom. The smallest absolute Gasteiger partial charge is 0.278 e. The van der Waals surface area contributed by atoms with Gasteiger partial charge in [0.1, 0.15) is 6.33 Å². The first kappa shape index (κ1) is 7.41. The molecular weight excluding hydrogens is 146 g/mol. The van der Waals surface area contributed by atoms with Crippen LogP contribution in [0.3, 0.4) is 0 Å². The zero-order chi connectivity index (χ0) is 8.27. The van der Waals surface area contributed by atoms with Gasteiger partial charge in [0.25, 0.3) is 11.8 Å². The van der Waals surface area contributed by atoms with E-state index in [-0.39, 0.29) is 0 Å². The van der Waals surface area contributed by atoms with Crippen molar-refractivity contribution in [2.75, 3.05) is 14.2 Å². The highest BCUT2D eigenvalue weighted by molar-refractivity contribution is 5.29. The van der Waals surface area contributed by atoms with Crippen molar-refractivity contribution in [3.8, 4) is 18.0 Å². The van der Waals surface area contributed by atoms with Crippen molar-refractivity contribution in [1.82, 2.24) is 9.55 Å². The Morgan fingerprint density at radius 2 is 2.27 bits per heavy atom. The molecule has 0 aromatic carbocycles. The van der Waals surface area contributed by atoms with Gasteiger partial charge in [-0.05, 0) is 0 Å². The summed E-state index contributed by atoms with van der Waals surface area (Å²) in [5.74, 6) is 0.629. The second-order valence-corrected chi connectivity index (χ2v) is 1.73. The molecule has 0 saturated carbocycles. The second-order valence-electron chi connectivity index (χ2n) is 1.73. The third-order valence-corrected chi connectivity index (χ3v) is 1.19. The summed E-state index contributed by atoms with van der Waals surface area (Å²) in [6, 6.07) is 0. The Morgan fingerprint density at radius 3 is 2.73 bits per heavy atom. The lowest BCUT2D eigenvalue weighted by Crippen LogP contribution is -1.93. The predicted molar refractivity (Wildman–Crippen MR) is 36.3 cm³/mol. The molecule has 1 rings (SSSR count). The number of hydrogen-bond acceptors (Lipinski definition) is 4. The lowest BCUT2D eigenvalue weighted by atomic mass is 10.7. The van der Waals surface area contributed by atoms with Crippen molar-refractivity contribution in [1.29, 1.82) is 5.26 Å². The fourth-order valence-electron chi connectivity index (χ4n) is 0.718. The highest BCUT2D eigenvalue weighted by Gasteiger charge is 2.10. The molecule has 0 amide bonds. The number of hydrogen-bond donors (Lipinski definition) is 0. The van der Waals surface area contributed by atoms with Crippen LogP contribution in [-0.4, -0.2) is 23.8 Å². The van der Waals surface area contributed by atoms with E-state index in [9.17, 15) is 0 Å². The van der Waals surface area contributed by atoms with Crippen LogP contribution in [0.1, 0.15) is 0 Å². The standard InChI is InChI=1S/C6H7N3O2/c1-10-5-6(11-2)9(3-7)4-8-5/h4H,1-2H3. The van der Waals surface area contributed by atoms with Crippen LogP contribution in [0.15, 0.2) is 6.33 Å². The monoisotopic (exact) mass is 153 g/mol. The third-order valence-electron chi connectivity index (χ3n) is 1.19. The number of ether oxygens (including phenoxy) is 2. The summed E-state index contributed by atoms with van der Waals surface area (Å²) in [4.78, 5) is 3.77. The SMILES string of the molecule is COc1ncn(C#N)c1OC. The molecule has 0 aliphatic carbocycles. The van der Waals surface area contributed by atoms with E-state index in [1.54, 1.807) is 0 Å². The first-order chi connectivity index (χ1) is 5.33. The number of rotatable bonds is 2. The Kier molecular flexibility index (Phi) is 1.97. The number of methoxy groups -OCH3 is 2. The normalized spacial score (nSPS) is 8.82. The van der Waals surface area contributed by atoms with Gasteiger partial charge in [-0.25, -0.2) is 4.57 Å². The van der Waals surface area contributed by atoms with Gasteiger partial charge in [-0.2, -0.15) is 10.2 Å². The van der Waals surface area contributed by atoms with Gasteiger partial charge in [0, 0.05) is 0 Å². The molecule has 0 atom stereocenters. The van der Waals surface area contributed by atoms with E-state index in [0.29, 0.717) is 11.8 Å². The highest BCUT2D eigenvalue weighted by atomic mass is 16.5. The minimum atomic E-state index is 0.314. The Bertz CT molecular complexity index is 287. The molecule has 0 aliphatic heterocycles. The number of nitrogens with zero attached hydrogens (tertiary/aromatic N) is 3. The van der Waals surface area contributed by atoms with Gasteiger partial charge in [0.15, 0.2) is 6.19 Å². The molecule has 1 aromatic rings. The van der Waals surface area contributed by atoms with Crippen LogP contribution in [-0.2, 0) is 0 Å². The lowest BCUT2D eigenvalue weighted by Gasteiger charge is -1.98. The summed E-state index contributed by atoms with van der Waals surface area (Å²) in [5.41, 5.74) is 0. The molecule has 0 N–H and O–H groups in total. The molecule has 0 aliphatic rings. The predicted octanol–water partition coefficient (Wildman–Crippen LogP) is 0.229. The summed E-state index contributed by atoms with van der Waals surface area (Å²) >= 11 is 0. The molecule has 0 fully saturated rings. The summed E-state index contributed by atoms with van der Waals surface area (Å²) in [6.07, 6.45) is 3.18. The van der Waals surface area contributed by atoms with Crippen molar-refractivity contribution in [2.45, 2.75) is 0 Å². The van der Waals surface area contributed by atoms with Gasteiger partial charge in [-0.1, -0.05) is 0 Å². The zero-order valence-electron chi connectivity index (χ0n) is 6.24. The van der Waals surface area contributed by atoms with Gasteiger partial charge < -0.3 is 9.47 Å². The maximum Gasteiger partial charge on any atom is 0.278 e. The molecule has 11 heavy (non-hydrogen) atoms. The maximum atomic E-state index is 8.50. The van der Waals surface area contributed by atoms with Gasteiger partial charge in [-0.3, -0.25) is 0 Å². The van der Waals surface area contributed by atoms with Crippen LogP contribution in [0.4, 0.5) is 0 Å². The van der Waals surface area contributed by atoms with Crippen molar-refractivity contribution in [2.24, 2.45) is 0 Å². The Labute approximate surface area is 63.8 Å². The molecule has 0 spiro atoms. The summed E-state index contributed by atoms with van der Waals surface area (Å²) in [6.45, 7) is 0. The summed E-state index contributed by atoms with van der Waals surface area (Å²) in [5, 5.41) is 8.50.